The molecular weight excluding hydrogens is 241 g/mol. The molecule has 0 aliphatic rings. The highest BCUT2D eigenvalue weighted by molar-refractivity contribution is 5.31. The molecule has 1 heterocycles. The van der Waals surface area contributed by atoms with E-state index in [0.29, 0.717) is 0 Å². The maximum absolute atomic E-state index is 13.3. The number of aryl methyl sites for hydroxylation is 3. The Morgan fingerprint density at radius 2 is 1.95 bits per heavy atom. The van der Waals surface area contributed by atoms with Gasteiger partial charge in [0.15, 0.2) is 0 Å². The third kappa shape index (κ3) is 3.04. The Hall–Kier alpha value is -1.61. The topological polar surface area (TPSA) is 25.2 Å². The minimum atomic E-state index is -0.185. The van der Waals surface area contributed by atoms with Gasteiger partial charge < -0.3 is 9.73 Å². The summed E-state index contributed by atoms with van der Waals surface area (Å²) in [5.41, 5.74) is 3.28. The molecule has 102 valence electrons. The van der Waals surface area contributed by atoms with Crippen LogP contribution in [-0.2, 0) is 6.42 Å². The van der Waals surface area contributed by atoms with Crippen LogP contribution in [-0.4, -0.2) is 7.05 Å². The van der Waals surface area contributed by atoms with Crippen molar-refractivity contribution in [2.45, 2.75) is 33.2 Å². The molecule has 1 aromatic carbocycles. The standard InChI is InChI=1S/C16H20FNO/c1-10-5-6-14(17)8-13(10)9-16(18-4)15-7-11(2)19-12(15)3/h5-8,16,18H,9H2,1-4H3. The van der Waals surface area contributed by atoms with E-state index in [2.05, 4.69) is 5.32 Å². The highest BCUT2D eigenvalue weighted by atomic mass is 19.1. The molecule has 0 amide bonds. The zero-order valence-corrected chi connectivity index (χ0v) is 11.9. The molecule has 19 heavy (non-hydrogen) atoms. The minimum Gasteiger partial charge on any atom is -0.466 e. The Morgan fingerprint density at radius 3 is 2.53 bits per heavy atom. The van der Waals surface area contributed by atoms with Crippen molar-refractivity contribution in [2.24, 2.45) is 0 Å². The SMILES string of the molecule is CNC(Cc1cc(F)ccc1C)c1cc(C)oc1C. The van der Waals surface area contributed by atoms with E-state index in [1.54, 1.807) is 6.07 Å². The van der Waals surface area contributed by atoms with Crippen LogP contribution in [0, 0.1) is 26.6 Å². The molecule has 0 aliphatic carbocycles. The Balaban J connectivity index is 2.29. The molecule has 0 spiro atoms. The van der Waals surface area contributed by atoms with Crippen molar-refractivity contribution in [1.82, 2.24) is 5.32 Å². The number of likely N-dealkylation sites (N-methyl/N-ethyl adjacent to an activating group) is 1. The van der Waals surface area contributed by atoms with Gasteiger partial charge in [0.2, 0.25) is 0 Å². The third-order valence-electron chi connectivity index (χ3n) is 3.54. The molecule has 0 bridgehead atoms. The lowest BCUT2D eigenvalue weighted by Gasteiger charge is -2.17. The van der Waals surface area contributed by atoms with Gasteiger partial charge in [-0.1, -0.05) is 6.07 Å². The van der Waals surface area contributed by atoms with Crippen molar-refractivity contribution in [1.29, 1.82) is 0 Å². The van der Waals surface area contributed by atoms with E-state index in [0.717, 1.165) is 34.6 Å². The molecule has 1 aromatic heterocycles. The van der Waals surface area contributed by atoms with E-state index >= 15 is 0 Å². The lowest BCUT2D eigenvalue weighted by molar-refractivity contribution is 0.490. The van der Waals surface area contributed by atoms with Crippen LogP contribution in [0.1, 0.15) is 34.3 Å². The van der Waals surface area contributed by atoms with Gasteiger partial charge in [-0.05, 0) is 63.6 Å². The highest BCUT2D eigenvalue weighted by Gasteiger charge is 2.17. The van der Waals surface area contributed by atoms with Crippen LogP contribution in [0.4, 0.5) is 4.39 Å². The quantitative estimate of drug-likeness (QED) is 0.904. The van der Waals surface area contributed by atoms with Crippen LogP contribution < -0.4 is 5.32 Å². The second-order valence-corrected chi connectivity index (χ2v) is 4.98. The van der Waals surface area contributed by atoms with Crippen molar-refractivity contribution in [3.05, 3.63) is 58.3 Å². The zero-order chi connectivity index (χ0) is 14.0. The number of halogens is 1. The normalized spacial score (nSPS) is 12.7. The summed E-state index contributed by atoms with van der Waals surface area (Å²) >= 11 is 0. The lowest BCUT2D eigenvalue weighted by Crippen LogP contribution is -2.19. The van der Waals surface area contributed by atoms with Gasteiger partial charge in [0.05, 0.1) is 0 Å². The predicted octanol–water partition coefficient (Wildman–Crippen LogP) is 3.85. The molecule has 1 atom stereocenters. The summed E-state index contributed by atoms with van der Waals surface area (Å²) in [5.74, 6) is 1.64. The molecule has 0 saturated carbocycles. The van der Waals surface area contributed by atoms with Crippen LogP contribution in [0.5, 0.6) is 0 Å². The fourth-order valence-electron chi connectivity index (χ4n) is 2.44. The van der Waals surface area contributed by atoms with E-state index < -0.39 is 0 Å². The zero-order valence-electron chi connectivity index (χ0n) is 11.9. The van der Waals surface area contributed by atoms with Gasteiger partial charge in [0.25, 0.3) is 0 Å². The fraction of sp³-hybridized carbons (Fsp3) is 0.375. The van der Waals surface area contributed by atoms with Gasteiger partial charge in [-0.3, -0.25) is 0 Å². The first-order valence-electron chi connectivity index (χ1n) is 6.50. The number of hydrogen-bond acceptors (Lipinski definition) is 2. The maximum Gasteiger partial charge on any atom is 0.123 e. The van der Waals surface area contributed by atoms with Crippen molar-refractivity contribution in [2.75, 3.05) is 7.05 Å². The second kappa shape index (κ2) is 5.57. The molecule has 0 saturated heterocycles. The smallest absolute Gasteiger partial charge is 0.123 e. The number of hydrogen-bond donors (Lipinski definition) is 1. The molecule has 2 rings (SSSR count). The molecule has 1 unspecified atom stereocenters. The summed E-state index contributed by atoms with van der Waals surface area (Å²) in [6, 6.07) is 7.12. The number of benzene rings is 1. The fourth-order valence-corrected chi connectivity index (χ4v) is 2.44. The van der Waals surface area contributed by atoms with Crippen LogP contribution in [0.3, 0.4) is 0 Å². The monoisotopic (exact) mass is 261 g/mol. The number of rotatable bonds is 4. The summed E-state index contributed by atoms with van der Waals surface area (Å²) < 4.78 is 18.9. The average Bonchev–Trinajstić information content (AvgIpc) is 2.69. The van der Waals surface area contributed by atoms with Gasteiger partial charge in [0, 0.05) is 11.6 Å². The number of nitrogens with one attached hydrogen (secondary N) is 1. The van der Waals surface area contributed by atoms with Gasteiger partial charge in [0.1, 0.15) is 17.3 Å². The predicted molar refractivity (Wildman–Crippen MR) is 74.8 cm³/mol. The van der Waals surface area contributed by atoms with Crippen LogP contribution in [0.15, 0.2) is 28.7 Å². The summed E-state index contributed by atoms with van der Waals surface area (Å²) in [6.45, 7) is 5.91. The molecule has 0 radical (unpaired) electrons. The first kappa shape index (κ1) is 13.8. The van der Waals surface area contributed by atoms with Gasteiger partial charge in [-0.2, -0.15) is 0 Å². The molecule has 3 heteroatoms. The largest absolute Gasteiger partial charge is 0.466 e. The second-order valence-electron chi connectivity index (χ2n) is 4.98. The lowest BCUT2D eigenvalue weighted by atomic mass is 9.96. The maximum atomic E-state index is 13.3. The summed E-state index contributed by atoms with van der Waals surface area (Å²) in [4.78, 5) is 0. The summed E-state index contributed by atoms with van der Waals surface area (Å²) in [7, 11) is 1.92. The highest BCUT2D eigenvalue weighted by Crippen LogP contribution is 2.25. The van der Waals surface area contributed by atoms with Gasteiger partial charge >= 0.3 is 0 Å². The van der Waals surface area contributed by atoms with Gasteiger partial charge in [-0.25, -0.2) is 4.39 Å². The van der Waals surface area contributed by atoms with Crippen molar-refractivity contribution in [3.63, 3.8) is 0 Å². The minimum absolute atomic E-state index is 0.137. The molecule has 1 N–H and O–H groups in total. The Morgan fingerprint density at radius 1 is 1.21 bits per heavy atom. The van der Waals surface area contributed by atoms with E-state index in [1.165, 1.54) is 6.07 Å². The Bertz CT molecular complexity index is 574. The van der Waals surface area contributed by atoms with Crippen molar-refractivity contribution in [3.8, 4) is 0 Å². The van der Waals surface area contributed by atoms with E-state index in [4.69, 9.17) is 4.42 Å². The van der Waals surface area contributed by atoms with Crippen LogP contribution >= 0.6 is 0 Å². The Kier molecular flexibility index (Phi) is 4.05. The summed E-state index contributed by atoms with van der Waals surface area (Å²) in [5, 5.41) is 3.29. The molecular formula is C16H20FNO. The molecule has 0 fully saturated rings. The first-order valence-corrected chi connectivity index (χ1v) is 6.50. The molecule has 2 aromatic rings. The van der Waals surface area contributed by atoms with Gasteiger partial charge in [-0.15, -0.1) is 0 Å². The van der Waals surface area contributed by atoms with Crippen molar-refractivity contribution < 1.29 is 8.81 Å². The van der Waals surface area contributed by atoms with Crippen LogP contribution in [0.2, 0.25) is 0 Å². The Labute approximate surface area is 113 Å². The van der Waals surface area contributed by atoms with E-state index in [-0.39, 0.29) is 11.9 Å². The molecule has 2 nitrogen and oxygen atoms in total. The third-order valence-corrected chi connectivity index (χ3v) is 3.54. The van der Waals surface area contributed by atoms with E-state index in [9.17, 15) is 4.39 Å². The van der Waals surface area contributed by atoms with Crippen LogP contribution in [0.25, 0.3) is 0 Å². The average molecular weight is 261 g/mol. The molecule has 0 aliphatic heterocycles. The van der Waals surface area contributed by atoms with Crippen molar-refractivity contribution >= 4 is 0 Å². The van der Waals surface area contributed by atoms with E-state index in [1.807, 2.05) is 40.0 Å². The summed E-state index contributed by atoms with van der Waals surface area (Å²) in [6.07, 6.45) is 0.750. The first-order chi connectivity index (χ1) is 9.01. The number of furan rings is 1.